The van der Waals surface area contributed by atoms with Crippen LogP contribution in [0.1, 0.15) is 56.2 Å². The molecule has 1 saturated carbocycles. The third-order valence-corrected chi connectivity index (χ3v) is 5.40. The van der Waals surface area contributed by atoms with Crippen LogP contribution in [0, 0.1) is 11.8 Å². The number of nitrogens with two attached hydrogens (primary N) is 1. The van der Waals surface area contributed by atoms with Crippen LogP contribution in [0.2, 0.25) is 0 Å². The molecule has 2 aliphatic rings. The SMILES string of the molecule is CC(C)c1nc2c(n1C)CCN(C(=O)[C@@H]1CCC[C@@H]1CN)C2. The summed E-state index contributed by atoms with van der Waals surface area (Å²) in [7, 11) is 2.10. The summed E-state index contributed by atoms with van der Waals surface area (Å²) in [5.74, 6) is 2.36. The molecule has 2 N–H and O–H groups in total. The predicted octanol–water partition coefficient (Wildman–Crippen LogP) is 1.80. The molecular formula is C17H28N4O. The molecule has 0 spiro atoms. The van der Waals surface area contributed by atoms with Gasteiger partial charge in [0, 0.05) is 37.5 Å². The zero-order valence-electron chi connectivity index (χ0n) is 14.0. The summed E-state index contributed by atoms with van der Waals surface area (Å²) in [6, 6.07) is 0. The quantitative estimate of drug-likeness (QED) is 0.926. The van der Waals surface area contributed by atoms with Gasteiger partial charge >= 0.3 is 0 Å². The molecule has 0 saturated heterocycles. The van der Waals surface area contributed by atoms with Crippen LogP contribution in [0.5, 0.6) is 0 Å². The number of fused-ring (bicyclic) bond motifs is 1. The van der Waals surface area contributed by atoms with E-state index in [0.717, 1.165) is 43.7 Å². The first-order chi connectivity index (χ1) is 10.5. The van der Waals surface area contributed by atoms with Gasteiger partial charge in [0.1, 0.15) is 5.82 Å². The van der Waals surface area contributed by atoms with E-state index in [4.69, 9.17) is 10.7 Å². The average molecular weight is 304 g/mol. The zero-order valence-corrected chi connectivity index (χ0v) is 14.0. The topological polar surface area (TPSA) is 64.2 Å². The minimum Gasteiger partial charge on any atom is -0.336 e. The Labute approximate surface area is 132 Å². The summed E-state index contributed by atoms with van der Waals surface area (Å²) in [4.78, 5) is 19.6. The summed E-state index contributed by atoms with van der Waals surface area (Å²) in [5, 5.41) is 0. The maximum atomic E-state index is 12.8. The maximum Gasteiger partial charge on any atom is 0.226 e. The second-order valence-corrected chi connectivity index (χ2v) is 7.12. The Kier molecular flexibility index (Phi) is 4.26. The summed E-state index contributed by atoms with van der Waals surface area (Å²) >= 11 is 0. The largest absolute Gasteiger partial charge is 0.336 e. The van der Waals surface area contributed by atoms with Gasteiger partial charge in [-0.05, 0) is 25.3 Å². The standard InChI is InChI=1S/C17H28N4O/c1-11(2)16-19-14-10-21(8-7-15(14)20(16)3)17(22)13-6-4-5-12(13)9-18/h11-13H,4-10,18H2,1-3H3/t12-,13-/m1/s1. The molecule has 2 heterocycles. The smallest absolute Gasteiger partial charge is 0.226 e. The molecule has 122 valence electrons. The first-order valence-corrected chi connectivity index (χ1v) is 8.56. The molecule has 1 aliphatic carbocycles. The fraction of sp³-hybridized carbons (Fsp3) is 0.765. The van der Waals surface area contributed by atoms with E-state index >= 15 is 0 Å². The highest BCUT2D eigenvalue weighted by atomic mass is 16.2. The first kappa shape index (κ1) is 15.5. The van der Waals surface area contributed by atoms with Gasteiger partial charge in [0.15, 0.2) is 0 Å². The molecule has 0 aromatic carbocycles. The Morgan fingerprint density at radius 3 is 2.86 bits per heavy atom. The lowest BCUT2D eigenvalue weighted by Gasteiger charge is -2.30. The first-order valence-electron chi connectivity index (χ1n) is 8.56. The van der Waals surface area contributed by atoms with Crippen molar-refractivity contribution in [2.24, 2.45) is 24.6 Å². The van der Waals surface area contributed by atoms with Crippen LogP contribution in [0.25, 0.3) is 0 Å². The Hall–Kier alpha value is -1.36. The van der Waals surface area contributed by atoms with Crippen LogP contribution >= 0.6 is 0 Å². The van der Waals surface area contributed by atoms with E-state index in [0.29, 0.717) is 30.8 Å². The van der Waals surface area contributed by atoms with Gasteiger partial charge in [-0.1, -0.05) is 20.3 Å². The minimum absolute atomic E-state index is 0.139. The molecular weight excluding hydrogens is 276 g/mol. The van der Waals surface area contributed by atoms with E-state index in [1.54, 1.807) is 0 Å². The fourth-order valence-electron chi connectivity index (χ4n) is 4.13. The summed E-state index contributed by atoms with van der Waals surface area (Å²) in [6.45, 7) is 6.46. The van der Waals surface area contributed by atoms with Crippen LogP contribution < -0.4 is 5.73 Å². The predicted molar refractivity (Wildman–Crippen MR) is 86.3 cm³/mol. The van der Waals surface area contributed by atoms with Crippen molar-refractivity contribution in [3.8, 4) is 0 Å². The number of aromatic nitrogens is 2. The van der Waals surface area contributed by atoms with Crippen LogP contribution in [0.3, 0.4) is 0 Å². The number of amides is 1. The molecule has 0 bridgehead atoms. The number of hydrogen-bond acceptors (Lipinski definition) is 3. The van der Waals surface area contributed by atoms with Crippen molar-refractivity contribution in [2.75, 3.05) is 13.1 Å². The van der Waals surface area contributed by atoms with Crippen molar-refractivity contribution in [3.63, 3.8) is 0 Å². The lowest BCUT2D eigenvalue weighted by atomic mass is 9.94. The molecule has 1 fully saturated rings. The van der Waals surface area contributed by atoms with E-state index < -0.39 is 0 Å². The molecule has 5 heteroatoms. The Morgan fingerprint density at radius 1 is 1.41 bits per heavy atom. The third-order valence-electron chi connectivity index (χ3n) is 5.40. The number of imidazole rings is 1. The Balaban J connectivity index is 1.77. The number of nitrogens with zero attached hydrogens (tertiary/aromatic N) is 3. The summed E-state index contributed by atoms with van der Waals surface area (Å²) < 4.78 is 2.22. The maximum absolute atomic E-state index is 12.8. The highest BCUT2D eigenvalue weighted by Gasteiger charge is 2.36. The summed E-state index contributed by atoms with van der Waals surface area (Å²) in [6.07, 6.45) is 4.16. The highest BCUT2D eigenvalue weighted by Crippen LogP contribution is 2.33. The third kappa shape index (κ3) is 2.56. The molecule has 1 amide bonds. The van der Waals surface area contributed by atoms with Gasteiger partial charge in [-0.25, -0.2) is 4.98 Å². The van der Waals surface area contributed by atoms with Crippen molar-refractivity contribution >= 4 is 5.91 Å². The normalized spacial score (nSPS) is 24.9. The van der Waals surface area contributed by atoms with Gasteiger partial charge in [0.2, 0.25) is 5.91 Å². The van der Waals surface area contributed by atoms with Crippen LogP contribution in [-0.4, -0.2) is 33.4 Å². The molecule has 3 rings (SSSR count). The van der Waals surface area contributed by atoms with Crippen molar-refractivity contribution in [1.82, 2.24) is 14.5 Å². The molecule has 5 nitrogen and oxygen atoms in total. The lowest BCUT2D eigenvalue weighted by Crippen LogP contribution is -2.42. The van der Waals surface area contributed by atoms with Crippen LogP contribution in [0.15, 0.2) is 0 Å². The van der Waals surface area contributed by atoms with Gasteiger partial charge in [0.25, 0.3) is 0 Å². The van der Waals surface area contributed by atoms with Crippen molar-refractivity contribution < 1.29 is 4.79 Å². The number of carbonyl (C=O) groups is 1. The molecule has 0 radical (unpaired) electrons. The average Bonchev–Trinajstić information content (AvgIpc) is 3.10. The van der Waals surface area contributed by atoms with Gasteiger partial charge < -0.3 is 15.2 Å². The lowest BCUT2D eigenvalue weighted by molar-refractivity contribution is -0.137. The molecule has 22 heavy (non-hydrogen) atoms. The van der Waals surface area contributed by atoms with Crippen LogP contribution in [0.4, 0.5) is 0 Å². The Bertz CT molecular complexity index is 563. The number of carbonyl (C=O) groups excluding carboxylic acids is 1. The summed E-state index contributed by atoms with van der Waals surface area (Å²) in [5.41, 5.74) is 8.23. The van der Waals surface area contributed by atoms with Crippen molar-refractivity contribution in [1.29, 1.82) is 0 Å². The van der Waals surface area contributed by atoms with Crippen LogP contribution in [-0.2, 0) is 24.8 Å². The van der Waals surface area contributed by atoms with E-state index in [-0.39, 0.29) is 5.92 Å². The van der Waals surface area contributed by atoms with Gasteiger partial charge in [-0.2, -0.15) is 0 Å². The zero-order chi connectivity index (χ0) is 15.9. The minimum atomic E-state index is 0.139. The van der Waals surface area contributed by atoms with Crippen molar-refractivity contribution in [2.45, 2.75) is 52.0 Å². The van der Waals surface area contributed by atoms with E-state index in [1.807, 2.05) is 4.90 Å². The second-order valence-electron chi connectivity index (χ2n) is 7.12. The van der Waals surface area contributed by atoms with Gasteiger partial charge in [0.05, 0.1) is 12.2 Å². The molecule has 1 aromatic rings. The van der Waals surface area contributed by atoms with E-state index in [2.05, 4.69) is 25.5 Å². The fourth-order valence-corrected chi connectivity index (χ4v) is 4.13. The van der Waals surface area contributed by atoms with Gasteiger partial charge in [-0.3, -0.25) is 4.79 Å². The van der Waals surface area contributed by atoms with E-state index in [9.17, 15) is 4.79 Å². The number of hydrogen-bond donors (Lipinski definition) is 1. The molecule has 0 unspecified atom stereocenters. The van der Waals surface area contributed by atoms with Crippen molar-refractivity contribution in [3.05, 3.63) is 17.2 Å². The van der Waals surface area contributed by atoms with E-state index in [1.165, 1.54) is 5.69 Å². The van der Waals surface area contributed by atoms with Gasteiger partial charge in [-0.15, -0.1) is 0 Å². The number of rotatable bonds is 3. The highest BCUT2D eigenvalue weighted by molar-refractivity contribution is 5.79. The monoisotopic (exact) mass is 304 g/mol. The molecule has 1 aromatic heterocycles. The molecule has 1 aliphatic heterocycles. The second kappa shape index (κ2) is 6.03. The Morgan fingerprint density at radius 2 is 2.18 bits per heavy atom. The molecule has 2 atom stereocenters.